The zero-order valence-corrected chi connectivity index (χ0v) is 11.0. The van der Waals surface area contributed by atoms with Gasteiger partial charge in [-0.3, -0.25) is 0 Å². The van der Waals surface area contributed by atoms with Crippen molar-refractivity contribution in [2.24, 2.45) is 0 Å². The number of carbonyl (C=O) groups excluding carboxylic acids is 1. The van der Waals surface area contributed by atoms with Crippen LogP contribution >= 0.6 is 0 Å². The zero-order valence-electron chi connectivity index (χ0n) is 11.0. The third-order valence-electron chi connectivity index (χ3n) is 2.75. The van der Waals surface area contributed by atoms with E-state index in [1.54, 1.807) is 12.1 Å². The van der Waals surface area contributed by atoms with Crippen LogP contribution in [-0.2, 0) is 0 Å². The van der Waals surface area contributed by atoms with Crippen LogP contribution < -0.4 is 10.6 Å². The smallest absolute Gasteiger partial charge is 0.308 e. The maximum absolute atomic E-state index is 11.9. The summed E-state index contributed by atoms with van der Waals surface area (Å²) in [7, 11) is 0. The van der Waals surface area contributed by atoms with Crippen molar-refractivity contribution in [2.45, 2.75) is 0 Å². The van der Waals surface area contributed by atoms with Crippen LogP contribution in [0, 0.1) is 0 Å². The van der Waals surface area contributed by atoms with Gasteiger partial charge in [0.05, 0.1) is 5.69 Å². The van der Waals surface area contributed by atoms with Gasteiger partial charge in [0.15, 0.2) is 0 Å². The fraction of sp³-hybridized carbons (Fsp3) is 0. The fourth-order valence-corrected chi connectivity index (χ4v) is 1.82. The Hall–Kier alpha value is -3.22. The van der Waals surface area contributed by atoms with Crippen LogP contribution in [0.2, 0.25) is 0 Å². The number of tetrazole rings is 1. The molecule has 0 saturated carbocycles. The molecule has 0 saturated heterocycles. The monoisotopic (exact) mass is 280 g/mol. The Morgan fingerprint density at radius 1 is 0.952 bits per heavy atom. The first-order chi connectivity index (χ1) is 10.3. The molecule has 7 heteroatoms. The van der Waals surface area contributed by atoms with E-state index in [4.69, 9.17) is 0 Å². The molecule has 0 radical (unpaired) electrons. The molecule has 0 spiro atoms. The summed E-state index contributed by atoms with van der Waals surface area (Å²) in [6, 6.07) is 16.1. The Morgan fingerprint density at radius 3 is 2.48 bits per heavy atom. The highest BCUT2D eigenvalue weighted by molar-refractivity contribution is 5.99. The first-order valence-electron chi connectivity index (χ1n) is 6.28. The van der Waals surface area contributed by atoms with Crippen LogP contribution in [0.5, 0.6) is 0 Å². The number of hydrogen-bond acceptors (Lipinski definition) is 4. The summed E-state index contributed by atoms with van der Waals surface area (Å²) in [6.07, 6.45) is 1.49. The third-order valence-corrected chi connectivity index (χ3v) is 2.75. The normalized spacial score (nSPS) is 10.1. The summed E-state index contributed by atoms with van der Waals surface area (Å²) in [4.78, 5) is 11.9. The molecule has 104 valence electrons. The van der Waals surface area contributed by atoms with Gasteiger partial charge in [-0.1, -0.05) is 24.3 Å². The van der Waals surface area contributed by atoms with Gasteiger partial charge in [-0.2, -0.15) is 0 Å². The summed E-state index contributed by atoms with van der Waals surface area (Å²) in [6.45, 7) is 0. The first-order valence-corrected chi connectivity index (χ1v) is 6.28. The molecular weight excluding hydrogens is 268 g/mol. The van der Waals surface area contributed by atoms with Crippen molar-refractivity contribution in [1.29, 1.82) is 0 Å². The lowest BCUT2D eigenvalue weighted by molar-refractivity contribution is 0.262. The molecular formula is C14H12N6O. The molecule has 1 aromatic heterocycles. The minimum atomic E-state index is -0.310. The van der Waals surface area contributed by atoms with Gasteiger partial charge in [0, 0.05) is 11.4 Å². The quantitative estimate of drug-likeness (QED) is 0.771. The molecule has 0 aliphatic rings. The largest absolute Gasteiger partial charge is 0.323 e. The average molecular weight is 280 g/mol. The second-order valence-corrected chi connectivity index (χ2v) is 4.25. The van der Waals surface area contributed by atoms with E-state index in [9.17, 15) is 4.79 Å². The van der Waals surface area contributed by atoms with Gasteiger partial charge in [0.25, 0.3) is 0 Å². The predicted octanol–water partition coefficient (Wildman–Crippen LogP) is 2.31. The molecule has 2 aromatic carbocycles. The van der Waals surface area contributed by atoms with Crippen LogP contribution in [0.15, 0.2) is 60.9 Å². The number of urea groups is 1. The van der Waals surface area contributed by atoms with Crippen LogP contribution in [0.25, 0.3) is 5.69 Å². The highest BCUT2D eigenvalue weighted by atomic mass is 16.2. The number of rotatable bonds is 3. The van der Waals surface area contributed by atoms with Crippen LogP contribution in [0.1, 0.15) is 0 Å². The SMILES string of the molecule is O=C(Nc1ccccc1)Nc1cccc(-n2cnnn2)c1. The van der Waals surface area contributed by atoms with E-state index in [2.05, 4.69) is 26.2 Å². The molecule has 0 aliphatic heterocycles. The number of para-hydroxylation sites is 1. The topological polar surface area (TPSA) is 84.7 Å². The number of benzene rings is 2. The molecule has 2 amide bonds. The molecule has 3 rings (SSSR count). The molecule has 0 atom stereocenters. The van der Waals surface area contributed by atoms with Gasteiger partial charge in [-0.15, -0.1) is 5.10 Å². The van der Waals surface area contributed by atoms with E-state index in [0.717, 1.165) is 11.4 Å². The van der Waals surface area contributed by atoms with Crippen molar-refractivity contribution in [3.05, 3.63) is 60.9 Å². The predicted molar refractivity (Wildman–Crippen MR) is 78.2 cm³/mol. The average Bonchev–Trinajstić information content (AvgIpc) is 3.02. The summed E-state index contributed by atoms with van der Waals surface area (Å²) < 4.78 is 1.51. The van der Waals surface area contributed by atoms with Crippen molar-refractivity contribution < 1.29 is 4.79 Å². The lowest BCUT2D eigenvalue weighted by Gasteiger charge is -2.08. The molecule has 2 N–H and O–H groups in total. The summed E-state index contributed by atoms with van der Waals surface area (Å²) in [5, 5.41) is 16.5. The lowest BCUT2D eigenvalue weighted by Crippen LogP contribution is -2.19. The number of hydrogen-bond donors (Lipinski definition) is 2. The zero-order chi connectivity index (χ0) is 14.5. The van der Waals surface area contributed by atoms with Gasteiger partial charge < -0.3 is 10.6 Å². The van der Waals surface area contributed by atoms with Gasteiger partial charge in [0.1, 0.15) is 6.33 Å². The summed E-state index contributed by atoms with van der Waals surface area (Å²) >= 11 is 0. The molecule has 0 unspecified atom stereocenters. The molecule has 1 heterocycles. The van der Waals surface area contributed by atoms with Crippen LogP contribution in [-0.4, -0.2) is 26.2 Å². The van der Waals surface area contributed by atoms with E-state index in [1.165, 1.54) is 11.0 Å². The second kappa shape index (κ2) is 5.83. The van der Waals surface area contributed by atoms with Crippen LogP contribution in [0.4, 0.5) is 16.2 Å². The molecule has 0 aliphatic carbocycles. The van der Waals surface area contributed by atoms with E-state index in [-0.39, 0.29) is 6.03 Å². The Morgan fingerprint density at radius 2 is 1.71 bits per heavy atom. The van der Waals surface area contributed by atoms with Gasteiger partial charge in [0.2, 0.25) is 0 Å². The molecule has 0 bridgehead atoms. The standard InChI is InChI=1S/C14H12N6O/c21-14(16-11-5-2-1-3-6-11)17-12-7-4-8-13(9-12)20-10-15-18-19-20/h1-10H,(H2,16,17,21). The Balaban J connectivity index is 1.70. The lowest BCUT2D eigenvalue weighted by atomic mass is 10.3. The van der Waals surface area contributed by atoms with Crippen molar-refractivity contribution in [3.8, 4) is 5.69 Å². The fourth-order valence-electron chi connectivity index (χ4n) is 1.82. The van der Waals surface area contributed by atoms with Gasteiger partial charge >= 0.3 is 6.03 Å². The Labute approximate surface area is 120 Å². The molecule has 3 aromatic rings. The van der Waals surface area contributed by atoms with Crippen molar-refractivity contribution in [2.75, 3.05) is 10.6 Å². The number of aromatic nitrogens is 4. The highest BCUT2D eigenvalue weighted by Gasteiger charge is 2.04. The van der Waals surface area contributed by atoms with E-state index in [0.29, 0.717) is 5.69 Å². The number of nitrogens with zero attached hydrogens (tertiary/aromatic N) is 4. The Bertz CT molecular complexity index is 726. The van der Waals surface area contributed by atoms with Crippen molar-refractivity contribution in [3.63, 3.8) is 0 Å². The van der Waals surface area contributed by atoms with E-state index < -0.39 is 0 Å². The molecule has 21 heavy (non-hydrogen) atoms. The number of anilines is 2. The van der Waals surface area contributed by atoms with Crippen LogP contribution in [0.3, 0.4) is 0 Å². The number of nitrogens with one attached hydrogen (secondary N) is 2. The summed E-state index contributed by atoms with van der Waals surface area (Å²) in [5.74, 6) is 0. The third kappa shape index (κ3) is 3.21. The maximum atomic E-state index is 11.9. The minimum absolute atomic E-state index is 0.310. The Kier molecular flexibility index (Phi) is 3.55. The number of amides is 2. The first kappa shape index (κ1) is 12.8. The van der Waals surface area contributed by atoms with Crippen molar-refractivity contribution >= 4 is 17.4 Å². The number of carbonyl (C=O) groups is 1. The highest BCUT2D eigenvalue weighted by Crippen LogP contribution is 2.14. The van der Waals surface area contributed by atoms with E-state index >= 15 is 0 Å². The molecule has 7 nitrogen and oxygen atoms in total. The van der Waals surface area contributed by atoms with E-state index in [1.807, 2.05) is 42.5 Å². The van der Waals surface area contributed by atoms with Crippen molar-refractivity contribution in [1.82, 2.24) is 20.2 Å². The van der Waals surface area contributed by atoms with Gasteiger partial charge in [-0.25, -0.2) is 9.48 Å². The minimum Gasteiger partial charge on any atom is -0.308 e. The summed E-state index contributed by atoms with van der Waals surface area (Å²) in [5.41, 5.74) is 2.14. The molecule has 0 fully saturated rings. The maximum Gasteiger partial charge on any atom is 0.323 e. The van der Waals surface area contributed by atoms with Gasteiger partial charge in [-0.05, 0) is 40.8 Å². The second-order valence-electron chi connectivity index (χ2n) is 4.25.